The molecule has 0 saturated carbocycles. The monoisotopic (exact) mass is 1280 g/mol. The minimum absolute atomic E-state index is 0.109. The van der Waals surface area contributed by atoms with Gasteiger partial charge in [0.2, 0.25) is 0 Å². The van der Waals surface area contributed by atoms with Crippen LogP contribution in [-0.4, -0.2) is 174 Å². The second-order valence-corrected chi connectivity index (χ2v) is 27.8. The van der Waals surface area contributed by atoms with Gasteiger partial charge >= 0.3 is 0 Å². The van der Waals surface area contributed by atoms with Crippen LogP contribution in [0.5, 0.6) is 11.5 Å². The quantitative estimate of drug-likeness (QED) is 0.0519. The minimum atomic E-state index is 0.109. The lowest BCUT2D eigenvalue weighted by Crippen LogP contribution is -2.48. The van der Waals surface area contributed by atoms with Crippen molar-refractivity contribution in [2.24, 2.45) is 0 Å². The first-order chi connectivity index (χ1) is 42.5. The van der Waals surface area contributed by atoms with E-state index >= 15 is 0 Å². The number of phenolic OH excluding ortho intramolecular Hbond substituents is 1. The summed E-state index contributed by atoms with van der Waals surface area (Å²) in [4.78, 5) is 54.3. The van der Waals surface area contributed by atoms with Crippen molar-refractivity contribution in [1.29, 1.82) is 0 Å². The number of phenols is 1. The number of pyridine rings is 1. The largest absolute Gasteiger partial charge is 0.507 e. The van der Waals surface area contributed by atoms with E-state index in [0.717, 1.165) is 133 Å². The topological polar surface area (TPSA) is 309 Å². The molecule has 11 aromatic heterocycles. The second kappa shape index (κ2) is 24.9. The Labute approximate surface area is 522 Å². The first kappa shape index (κ1) is 57.2. The predicted molar refractivity (Wildman–Crippen MR) is 348 cm³/mol. The summed E-state index contributed by atoms with van der Waals surface area (Å²) in [7, 11) is 6.35. The molecule has 9 N–H and O–H groups in total. The number of rotatable bonds is 13. The summed E-state index contributed by atoms with van der Waals surface area (Å²) in [5, 5.41) is 66.4. The number of benzene rings is 1. The number of aromatic hydroxyl groups is 2. The maximum absolute atomic E-state index is 10.6. The van der Waals surface area contributed by atoms with Crippen LogP contribution in [0.15, 0.2) is 80.0 Å². The van der Waals surface area contributed by atoms with Gasteiger partial charge in [-0.3, -0.25) is 15.3 Å². The molecule has 2 bridgehead atoms. The third-order valence-electron chi connectivity index (χ3n) is 16.5. The molecule has 12 aromatic rings. The number of hydrogen-bond acceptors (Lipinski definition) is 27. The number of piperidine rings is 3. The summed E-state index contributed by atoms with van der Waals surface area (Å²) in [5.41, 5.74) is 6.59. The van der Waals surface area contributed by atoms with Crippen molar-refractivity contribution in [3.63, 3.8) is 0 Å². The highest BCUT2D eigenvalue weighted by atomic mass is 32.1. The molecule has 5 atom stereocenters. The van der Waals surface area contributed by atoms with Gasteiger partial charge in [0, 0.05) is 122 Å². The Balaban J connectivity index is 0.000000115. The predicted octanol–water partition coefficient (Wildman–Crippen LogP) is 9.48. The molecule has 87 heavy (non-hydrogen) atoms. The normalized spacial score (nSPS) is 19.5. The Kier molecular flexibility index (Phi) is 16.4. The summed E-state index contributed by atoms with van der Waals surface area (Å²) >= 11 is 9.33. The molecule has 448 valence electrons. The van der Waals surface area contributed by atoms with Crippen molar-refractivity contribution in [2.45, 2.75) is 87.6 Å². The summed E-state index contributed by atoms with van der Waals surface area (Å²) in [5.74, 6) is 0.931. The number of H-pyrrole nitrogens is 3. The van der Waals surface area contributed by atoms with Crippen molar-refractivity contribution in [3.8, 4) is 77.0 Å². The Morgan fingerprint density at radius 1 is 0.483 bits per heavy atom. The van der Waals surface area contributed by atoms with Gasteiger partial charge < -0.3 is 46.0 Å². The van der Waals surface area contributed by atoms with E-state index in [9.17, 15) is 15.3 Å². The highest BCUT2D eigenvalue weighted by Gasteiger charge is 2.36. The molecule has 4 fully saturated rings. The van der Waals surface area contributed by atoms with Gasteiger partial charge in [0.15, 0.2) is 55.2 Å². The Bertz CT molecular complexity index is 4140. The average Bonchev–Trinajstić information content (AvgIpc) is 1.89. The molecule has 0 aliphatic carbocycles. The number of anilines is 3. The molecular formula is C57H61N21O3S6. The van der Waals surface area contributed by atoms with Crippen molar-refractivity contribution in [1.82, 2.24) is 91.4 Å². The van der Waals surface area contributed by atoms with E-state index in [1.807, 2.05) is 18.3 Å². The maximum atomic E-state index is 10.6. The molecule has 4 aliphatic rings. The SMILES string of the molecule is CN(c1nc2sc(-c3ccc(-c4cn[nH]c4)cc3O)nc2s1)[C@H]1CCN[C@@H](CO)C1.CN(c1nc2sc(-c3ncc(-c4cn[nH]c4)cc3O)nc2s1)C1C[C@H]2CC[C@@H](C1)N2.CN(c1nc2sc(-c3ncc(-c4cn[nH]c4)cn3)nc2s1)C1CCNCC1. The van der Waals surface area contributed by atoms with Gasteiger partial charge in [-0.15, -0.1) is 0 Å². The molecule has 4 saturated heterocycles. The van der Waals surface area contributed by atoms with Gasteiger partial charge in [-0.25, -0.2) is 44.9 Å². The van der Waals surface area contributed by atoms with Crippen LogP contribution in [0.3, 0.4) is 0 Å². The Morgan fingerprint density at radius 2 is 0.989 bits per heavy atom. The van der Waals surface area contributed by atoms with Crippen molar-refractivity contribution >= 4 is 112 Å². The zero-order valence-corrected chi connectivity index (χ0v) is 52.4. The van der Waals surface area contributed by atoms with Crippen molar-refractivity contribution < 1.29 is 15.3 Å². The summed E-state index contributed by atoms with van der Waals surface area (Å²) in [6, 6.07) is 10.1. The molecule has 0 radical (unpaired) electrons. The van der Waals surface area contributed by atoms with E-state index in [-0.39, 0.29) is 24.1 Å². The van der Waals surface area contributed by atoms with E-state index in [2.05, 4.69) is 97.3 Å². The van der Waals surface area contributed by atoms with Crippen LogP contribution in [0, 0.1) is 0 Å². The molecule has 24 nitrogen and oxygen atoms in total. The zero-order chi connectivity index (χ0) is 59.1. The molecule has 15 heterocycles. The highest BCUT2D eigenvalue weighted by molar-refractivity contribution is 7.31. The summed E-state index contributed by atoms with van der Waals surface area (Å²) in [6.45, 7) is 3.20. The van der Waals surface area contributed by atoms with E-state index in [1.54, 1.807) is 107 Å². The van der Waals surface area contributed by atoms with Gasteiger partial charge in [0.1, 0.15) is 27.2 Å². The molecule has 4 aliphatic heterocycles. The number of aromatic amines is 3. The van der Waals surface area contributed by atoms with E-state index in [4.69, 9.17) is 29.9 Å². The summed E-state index contributed by atoms with van der Waals surface area (Å²) in [6.07, 6.45) is 25.1. The molecule has 0 amide bonds. The molecule has 1 aromatic carbocycles. The smallest absolute Gasteiger partial charge is 0.188 e. The van der Waals surface area contributed by atoms with Crippen LogP contribution in [-0.2, 0) is 0 Å². The Hall–Kier alpha value is -7.52. The molecule has 0 spiro atoms. The fourth-order valence-corrected chi connectivity index (χ4v) is 17.8. The third-order valence-corrected chi connectivity index (χ3v) is 22.9. The number of hydrogen-bond donors (Lipinski definition) is 9. The van der Waals surface area contributed by atoms with Crippen molar-refractivity contribution in [2.75, 3.05) is 62.1 Å². The van der Waals surface area contributed by atoms with Crippen LogP contribution in [0.2, 0.25) is 0 Å². The minimum Gasteiger partial charge on any atom is -0.507 e. The number of nitrogens with zero attached hydrogens (tertiary/aromatic N) is 15. The molecule has 30 heteroatoms. The number of nitrogens with one attached hydrogen (secondary N) is 6. The van der Waals surface area contributed by atoms with Crippen LogP contribution in [0.4, 0.5) is 15.4 Å². The molecule has 16 rings (SSSR count). The first-order valence-electron chi connectivity index (χ1n) is 28.7. The van der Waals surface area contributed by atoms with E-state index in [0.29, 0.717) is 52.3 Å². The lowest BCUT2D eigenvalue weighted by molar-refractivity contribution is 0.209. The van der Waals surface area contributed by atoms with Gasteiger partial charge in [0.25, 0.3) is 0 Å². The van der Waals surface area contributed by atoms with Crippen molar-refractivity contribution in [3.05, 3.63) is 80.0 Å². The second-order valence-electron chi connectivity index (χ2n) is 22.0. The van der Waals surface area contributed by atoms with Gasteiger partial charge in [0.05, 0.1) is 30.8 Å². The number of aliphatic hydroxyl groups excluding tert-OH is 1. The molecular weight excluding hydrogens is 1220 g/mol. The zero-order valence-electron chi connectivity index (χ0n) is 47.5. The number of fused-ring (bicyclic) bond motifs is 5. The first-order valence-corrected chi connectivity index (χ1v) is 33.6. The van der Waals surface area contributed by atoms with Gasteiger partial charge in [-0.2, -0.15) is 15.3 Å². The average molecular weight is 1280 g/mol. The Morgan fingerprint density at radius 3 is 1.56 bits per heavy atom. The lowest BCUT2D eigenvalue weighted by Gasteiger charge is -2.35. The van der Waals surface area contributed by atoms with Crippen LogP contribution < -0.4 is 30.7 Å². The maximum Gasteiger partial charge on any atom is 0.188 e. The fraction of sp³-hybridized carbons (Fsp3) is 0.368. The number of aliphatic hydroxyl groups is 1. The third kappa shape index (κ3) is 12.1. The van der Waals surface area contributed by atoms with Crippen LogP contribution in [0.25, 0.3) is 94.5 Å². The lowest BCUT2D eigenvalue weighted by atomic mass is 9.99. The number of aromatic nitrogens is 15. The van der Waals surface area contributed by atoms with E-state index < -0.39 is 0 Å². The fourth-order valence-electron chi connectivity index (χ4n) is 11.6. The number of thiazole rings is 6. The standard InChI is InChI=1S/C20H21N7OS2.C20H22N6O2S2.C17H18N8S2/c1-27(14-5-12-2-3-13(6-14)24-12)20-26-19-18(30-20)25-17(29-19)16-15(28)4-10(7-21-16)11-8-22-23-9-11;1-26(14-4-5-21-13(7-14)10-27)20-25-19-18(30-20)24-17(29-19)15-3-2-11(6-16(15)28)12-8-22-23-9-12;1-25(12-2-4-18-5-3-12)17-24-16-15(27-17)23-14(26-16)13-19-6-10(7-20-13)11-8-21-22-9-11/h4,7-9,12-14,24,28H,2-3,5-6H2,1H3,(H,22,23);2-3,6,8-9,13-14,21,27-28H,4-5,7,10H2,1H3,(H,22,23);6-9,12,18H,2-5H2,1H3,(H,21,22)/t12-,13+,14?;13-,14+;/m.1./s1. The van der Waals surface area contributed by atoms with Crippen LogP contribution in [0.1, 0.15) is 51.4 Å². The highest BCUT2D eigenvalue weighted by Crippen LogP contribution is 2.43. The van der Waals surface area contributed by atoms with Gasteiger partial charge in [-0.05, 0) is 94.8 Å². The van der Waals surface area contributed by atoms with Crippen LogP contribution >= 0.6 is 68.0 Å². The summed E-state index contributed by atoms with van der Waals surface area (Å²) < 4.78 is 0. The van der Waals surface area contributed by atoms with E-state index in [1.165, 1.54) is 48.4 Å². The molecule has 1 unspecified atom stereocenters. The van der Waals surface area contributed by atoms with Gasteiger partial charge in [-0.1, -0.05) is 74.1 Å².